The molecule has 0 saturated carbocycles. The van der Waals surface area contributed by atoms with Crippen LogP contribution < -0.4 is 10.5 Å². The van der Waals surface area contributed by atoms with Gasteiger partial charge in [-0.25, -0.2) is 0 Å². The van der Waals surface area contributed by atoms with Crippen molar-refractivity contribution in [1.29, 1.82) is 0 Å². The van der Waals surface area contributed by atoms with Crippen LogP contribution in [0.15, 0.2) is 42.2 Å². The second kappa shape index (κ2) is 5.63. The van der Waals surface area contributed by atoms with Gasteiger partial charge in [-0.15, -0.1) is 0 Å². The number of allylic oxidation sites excluding steroid dienone is 3. The molecule has 0 aliphatic carbocycles. The van der Waals surface area contributed by atoms with Crippen molar-refractivity contribution in [2.45, 2.75) is 12.8 Å². The maximum absolute atomic E-state index is 6.05. The van der Waals surface area contributed by atoms with E-state index in [1.165, 1.54) is 11.1 Å². The molecular formula is C15H20N2O. The van der Waals surface area contributed by atoms with Crippen LogP contribution in [-0.2, 0) is 0 Å². The van der Waals surface area contributed by atoms with E-state index in [9.17, 15) is 0 Å². The Morgan fingerprint density at radius 1 is 1.22 bits per heavy atom. The summed E-state index contributed by atoms with van der Waals surface area (Å²) in [5.41, 5.74) is 8.41. The lowest BCUT2D eigenvalue weighted by Crippen LogP contribution is -2.25. The molecule has 1 heterocycles. The van der Waals surface area contributed by atoms with E-state index in [1.54, 1.807) is 7.11 Å². The highest BCUT2D eigenvalue weighted by atomic mass is 16.5. The maximum Gasteiger partial charge on any atom is 0.118 e. The minimum Gasteiger partial charge on any atom is -0.497 e. The zero-order valence-corrected chi connectivity index (χ0v) is 11.0. The van der Waals surface area contributed by atoms with Crippen molar-refractivity contribution >= 4 is 5.57 Å². The predicted octanol–water partition coefficient (Wildman–Crippen LogP) is 2.60. The molecule has 0 saturated heterocycles. The molecule has 0 radical (unpaired) electrons. The Morgan fingerprint density at radius 3 is 2.61 bits per heavy atom. The fraction of sp³-hybridized carbons (Fsp3) is 0.333. The second-order valence-electron chi connectivity index (χ2n) is 4.52. The molecule has 0 fully saturated rings. The summed E-state index contributed by atoms with van der Waals surface area (Å²) in [5, 5.41) is 0. The number of hydrogen-bond donors (Lipinski definition) is 1. The van der Waals surface area contributed by atoms with E-state index in [4.69, 9.17) is 10.5 Å². The Morgan fingerprint density at radius 2 is 1.94 bits per heavy atom. The molecule has 0 aromatic heterocycles. The van der Waals surface area contributed by atoms with E-state index < -0.39 is 0 Å². The highest BCUT2D eigenvalue weighted by molar-refractivity contribution is 5.74. The summed E-state index contributed by atoms with van der Waals surface area (Å²) in [5.74, 6) is 1.69. The van der Waals surface area contributed by atoms with Crippen LogP contribution in [0.25, 0.3) is 5.57 Å². The van der Waals surface area contributed by atoms with Crippen molar-refractivity contribution in [3.05, 3.63) is 47.8 Å². The number of benzene rings is 1. The quantitative estimate of drug-likeness (QED) is 0.869. The van der Waals surface area contributed by atoms with Gasteiger partial charge < -0.3 is 15.4 Å². The molecule has 2 N–H and O–H groups in total. The monoisotopic (exact) mass is 244 g/mol. The summed E-state index contributed by atoms with van der Waals surface area (Å²) in [6.45, 7) is 1.01. The van der Waals surface area contributed by atoms with Crippen LogP contribution in [0.5, 0.6) is 5.75 Å². The summed E-state index contributed by atoms with van der Waals surface area (Å²) in [7, 11) is 3.71. The molecule has 3 heteroatoms. The highest BCUT2D eigenvalue weighted by Crippen LogP contribution is 2.23. The van der Waals surface area contributed by atoms with E-state index in [1.807, 2.05) is 25.3 Å². The molecule has 1 aromatic carbocycles. The van der Waals surface area contributed by atoms with Crippen molar-refractivity contribution in [1.82, 2.24) is 4.90 Å². The SMILES string of the molecule is COc1ccc(C2=C\CCCN(C)/C(N)=C\2)cc1. The van der Waals surface area contributed by atoms with Gasteiger partial charge in [0, 0.05) is 13.6 Å². The van der Waals surface area contributed by atoms with Gasteiger partial charge in [0.15, 0.2) is 0 Å². The van der Waals surface area contributed by atoms with Crippen molar-refractivity contribution in [3.8, 4) is 5.75 Å². The number of rotatable bonds is 2. The Kier molecular flexibility index (Phi) is 3.92. The molecule has 0 spiro atoms. The van der Waals surface area contributed by atoms with E-state index in [0.717, 1.165) is 31.0 Å². The fourth-order valence-electron chi connectivity index (χ4n) is 2.03. The first-order valence-electron chi connectivity index (χ1n) is 6.23. The number of methoxy groups -OCH3 is 1. The van der Waals surface area contributed by atoms with Crippen LogP contribution in [0.3, 0.4) is 0 Å². The summed E-state index contributed by atoms with van der Waals surface area (Å²) >= 11 is 0. The van der Waals surface area contributed by atoms with Crippen molar-refractivity contribution in [2.24, 2.45) is 5.73 Å². The van der Waals surface area contributed by atoms with Gasteiger partial charge in [-0.1, -0.05) is 18.2 Å². The standard InChI is InChI=1S/C15H20N2O/c1-17-10-4-3-5-13(11-15(17)16)12-6-8-14(18-2)9-7-12/h5-9,11H,3-4,10,16H2,1-2H3/b13-5-,15-11-. The van der Waals surface area contributed by atoms with Gasteiger partial charge in [0.2, 0.25) is 0 Å². The smallest absolute Gasteiger partial charge is 0.118 e. The zero-order valence-electron chi connectivity index (χ0n) is 11.0. The van der Waals surface area contributed by atoms with Gasteiger partial charge in [-0.2, -0.15) is 0 Å². The zero-order chi connectivity index (χ0) is 13.0. The van der Waals surface area contributed by atoms with Gasteiger partial charge in [0.05, 0.1) is 12.9 Å². The van der Waals surface area contributed by atoms with Gasteiger partial charge in [-0.05, 0) is 42.2 Å². The molecule has 18 heavy (non-hydrogen) atoms. The van der Waals surface area contributed by atoms with E-state index in [2.05, 4.69) is 23.1 Å². The Bertz CT molecular complexity index is 460. The number of nitrogens with zero attached hydrogens (tertiary/aromatic N) is 1. The van der Waals surface area contributed by atoms with Crippen LogP contribution >= 0.6 is 0 Å². The van der Waals surface area contributed by atoms with Crippen molar-refractivity contribution < 1.29 is 4.74 Å². The lowest BCUT2D eigenvalue weighted by molar-refractivity contribution is 0.404. The summed E-state index contributed by atoms with van der Waals surface area (Å²) in [6.07, 6.45) is 6.50. The second-order valence-corrected chi connectivity index (χ2v) is 4.52. The molecule has 96 valence electrons. The molecule has 0 unspecified atom stereocenters. The average molecular weight is 244 g/mol. The summed E-state index contributed by atoms with van der Waals surface area (Å²) < 4.78 is 5.17. The van der Waals surface area contributed by atoms with E-state index >= 15 is 0 Å². The van der Waals surface area contributed by atoms with Crippen molar-refractivity contribution in [2.75, 3.05) is 20.7 Å². The van der Waals surface area contributed by atoms with E-state index in [0.29, 0.717) is 0 Å². The van der Waals surface area contributed by atoms with Crippen LogP contribution in [0.4, 0.5) is 0 Å². The normalized spacial score (nSPS) is 22.2. The first-order valence-corrected chi connectivity index (χ1v) is 6.23. The number of nitrogens with two attached hydrogens (primary N) is 1. The van der Waals surface area contributed by atoms with Crippen LogP contribution in [0.1, 0.15) is 18.4 Å². The van der Waals surface area contributed by atoms with Crippen LogP contribution in [0.2, 0.25) is 0 Å². The molecule has 2 rings (SSSR count). The first-order chi connectivity index (χ1) is 8.70. The highest BCUT2D eigenvalue weighted by Gasteiger charge is 2.07. The minimum absolute atomic E-state index is 0.816. The van der Waals surface area contributed by atoms with Crippen LogP contribution in [-0.4, -0.2) is 25.6 Å². The third-order valence-corrected chi connectivity index (χ3v) is 3.23. The Hall–Kier alpha value is -1.90. The van der Waals surface area contributed by atoms with Gasteiger partial charge in [0.25, 0.3) is 0 Å². The first kappa shape index (κ1) is 12.6. The molecule has 1 aliphatic heterocycles. The largest absolute Gasteiger partial charge is 0.497 e. The van der Waals surface area contributed by atoms with Gasteiger partial charge >= 0.3 is 0 Å². The fourth-order valence-corrected chi connectivity index (χ4v) is 2.03. The molecule has 0 amide bonds. The third-order valence-electron chi connectivity index (χ3n) is 3.23. The number of ether oxygens (including phenoxy) is 1. The van der Waals surface area contributed by atoms with Gasteiger partial charge in [0.1, 0.15) is 5.75 Å². The minimum atomic E-state index is 0.816. The number of hydrogen-bond acceptors (Lipinski definition) is 3. The Labute approximate surface area is 109 Å². The average Bonchev–Trinajstić information content (AvgIpc) is 2.40. The maximum atomic E-state index is 6.05. The lowest BCUT2D eigenvalue weighted by atomic mass is 10.0. The summed E-state index contributed by atoms with van der Waals surface area (Å²) in [4.78, 5) is 2.09. The molecule has 0 atom stereocenters. The lowest BCUT2D eigenvalue weighted by Gasteiger charge is -2.21. The van der Waals surface area contributed by atoms with Crippen molar-refractivity contribution in [3.63, 3.8) is 0 Å². The topological polar surface area (TPSA) is 38.5 Å². The molecule has 0 bridgehead atoms. The predicted molar refractivity (Wildman–Crippen MR) is 75.1 cm³/mol. The molecule has 3 nitrogen and oxygen atoms in total. The molecule has 1 aromatic rings. The Balaban J connectivity index is 2.29. The van der Waals surface area contributed by atoms with E-state index in [-0.39, 0.29) is 0 Å². The van der Waals surface area contributed by atoms with Gasteiger partial charge in [-0.3, -0.25) is 0 Å². The molecular weight excluding hydrogens is 224 g/mol. The van der Waals surface area contributed by atoms with Crippen LogP contribution in [0, 0.1) is 0 Å². The summed E-state index contributed by atoms with van der Waals surface area (Å²) in [6, 6.07) is 8.08. The molecule has 1 aliphatic rings. The third kappa shape index (κ3) is 2.86.